The molecule has 122 valence electrons. The van der Waals surface area contributed by atoms with Crippen molar-refractivity contribution < 1.29 is 22.7 Å². The number of hydrogen-bond donors (Lipinski definition) is 1. The van der Waals surface area contributed by atoms with Crippen molar-refractivity contribution >= 4 is 21.7 Å². The number of esters is 1. The molecule has 2 aromatic carbocycles. The van der Waals surface area contributed by atoms with Crippen LogP contribution in [0.5, 0.6) is 5.75 Å². The summed E-state index contributed by atoms with van der Waals surface area (Å²) >= 11 is 0. The second-order valence-electron chi connectivity index (χ2n) is 4.81. The zero-order valence-electron chi connectivity index (χ0n) is 12.8. The molecule has 0 atom stereocenters. The molecule has 0 aliphatic carbocycles. The van der Waals surface area contributed by atoms with Crippen molar-refractivity contribution in [2.24, 2.45) is 0 Å². The van der Waals surface area contributed by atoms with Gasteiger partial charge in [-0.1, -0.05) is 23.8 Å². The maximum absolute atomic E-state index is 12.3. The Morgan fingerprint density at radius 2 is 1.83 bits per heavy atom. The number of anilines is 1. The first kappa shape index (κ1) is 16.8. The number of aryl methyl sites for hydroxylation is 1. The van der Waals surface area contributed by atoms with Crippen LogP contribution in [-0.2, 0) is 19.6 Å². The Bertz CT molecular complexity index is 784. The average Bonchev–Trinajstić information content (AvgIpc) is 2.53. The highest BCUT2D eigenvalue weighted by Crippen LogP contribution is 2.21. The van der Waals surface area contributed by atoms with Crippen molar-refractivity contribution in [3.8, 4) is 5.75 Å². The summed E-state index contributed by atoms with van der Waals surface area (Å²) in [7, 11) is -2.42. The van der Waals surface area contributed by atoms with Gasteiger partial charge in [-0.25, -0.2) is 13.2 Å². The molecule has 0 aromatic heterocycles. The van der Waals surface area contributed by atoms with Gasteiger partial charge >= 0.3 is 5.97 Å². The van der Waals surface area contributed by atoms with Crippen LogP contribution in [0.2, 0.25) is 0 Å². The minimum Gasteiger partial charge on any atom is -0.482 e. The third-order valence-electron chi connectivity index (χ3n) is 3.00. The first-order valence-corrected chi connectivity index (χ1v) is 8.28. The van der Waals surface area contributed by atoms with Gasteiger partial charge in [0.25, 0.3) is 10.0 Å². The number of carbonyl (C=O) groups is 1. The maximum atomic E-state index is 12.3. The quantitative estimate of drug-likeness (QED) is 0.820. The number of ether oxygens (including phenoxy) is 2. The van der Waals surface area contributed by atoms with Crippen molar-refractivity contribution in [1.29, 1.82) is 0 Å². The summed E-state index contributed by atoms with van der Waals surface area (Å²) in [4.78, 5) is 11.2. The zero-order valence-corrected chi connectivity index (χ0v) is 13.6. The van der Waals surface area contributed by atoms with Crippen molar-refractivity contribution in [3.05, 3.63) is 54.1 Å². The number of carbonyl (C=O) groups excluding carboxylic acids is 1. The van der Waals surface area contributed by atoms with Crippen LogP contribution in [0.4, 0.5) is 5.69 Å². The molecule has 2 aromatic rings. The fourth-order valence-corrected chi connectivity index (χ4v) is 2.83. The molecule has 6 nitrogen and oxygen atoms in total. The van der Waals surface area contributed by atoms with Crippen molar-refractivity contribution in [2.75, 3.05) is 18.4 Å². The highest BCUT2D eigenvalue weighted by atomic mass is 32.2. The molecule has 0 spiro atoms. The number of hydrogen-bond acceptors (Lipinski definition) is 5. The van der Waals surface area contributed by atoms with Crippen LogP contribution in [0, 0.1) is 6.92 Å². The second kappa shape index (κ2) is 7.15. The van der Waals surface area contributed by atoms with E-state index in [1.165, 1.54) is 25.3 Å². The molecule has 0 heterocycles. The van der Waals surface area contributed by atoms with Crippen LogP contribution in [0.25, 0.3) is 0 Å². The summed E-state index contributed by atoms with van der Waals surface area (Å²) in [5, 5.41) is 0. The Balaban J connectivity index is 2.13. The summed E-state index contributed by atoms with van der Waals surface area (Å²) < 4.78 is 36.8. The number of nitrogens with one attached hydrogen (secondary N) is 1. The van der Waals surface area contributed by atoms with Gasteiger partial charge in [0.15, 0.2) is 6.61 Å². The maximum Gasteiger partial charge on any atom is 0.343 e. The lowest BCUT2D eigenvalue weighted by Gasteiger charge is -2.10. The molecule has 0 unspecified atom stereocenters. The molecule has 0 amide bonds. The van der Waals surface area contributed by atoms with Crippen LogP contribution < -0.4 is 9.46 Å². The van der Waals surface area contributed by atoms with E-state index in [4.69, 9.17) is 4.74 Å². The van der Waals surface area contributed by atoms with Gasteiger partial charge in [-0.2, -0.15) is 0 Å². The predicted molar refractivity (Wildman–Crippen MR) is 85.9 cm³/mol. The van der Waals surface area contributed by atoms with Gasteiger partial charge in [0, 0.05) is 6.07 Å². The van der Waals surface area contributed by atoms with Crippen LogP contribution in [0.1, 0.15) is 5.56 Å². The lowest BCUT2D eigenvalue weighted by atomic mass is 10.2. The Kier molecular flexibility index (Phi) is 5.23. The van der Waals surface area contributed by atoms with Crippen LogP contribution >= 0.6 is 0 Å². The molecule has 0 radical (unpaired) electrons. The molecular weight excluding hydrogens is 318 g/mol. The first-order chi connectivity index (χ1) is 10.9. The molecule has 1 N–H and O–H groups in total. The Hall–Kier alpha value is -2.54. The van der Waals surface area contributed by atoms with E-state index in [2.05, 4.69) is 9.46 Å². The fourth-order valence-electron chi connectivity index (χ4n) is 1.78. The predicted octanol–water partition coefficient (Wildman–Crippen LogP) is 2.35. The highest BCUT2D eigenvalue weighted by Gasteiger charge is 2.14. The van der Waals surface area contributed by atoms with E-state index in [-0.39, 0.29) is 11.5 Å². The lowest BCUT2D eigenvalue weighted by Crippen LogP contribution is -2.14. The Labute approximate surface area is 135 Å². The number of sulfonamides is 1. The molecule has 0 fully saturated rings. The van der Waals surface area contributed by atoms with Gasteiger partial charge in [0.05, 0.1) is 17.7 Å². The Morgan fingerprint density at radius 1 is 1.13 bits per heavy atom. The fraction of sp³-hybridized carbons (Fsp3) is 0.188. The molecule has 0 aliphatic heterocycles. The summed E-state index contributed by atoms with van der Waals surface area (Å²) in [5.41, 5.74) is 1.31. The van der Waals surface area contributed by atoms with E-state index in [0.717, 1.165) is 5.56 Å². The number of rotatable bonds is 6. The zero-order chi connectivity index (χ0) is 16.9. The van der Waals surface area contributed by atoms with E-state index in [9.17, 15) is 13.2 Å². The van der Waals surface area contributed by atoms with Crippen LogP contribution in [0.3, 0.4) is 0 Å². The molecule has 0 saturated carbocycles. The molecule has 23 heavy (non-hydrogen) atoms. The van der Waals surface area contributed by atoms with Crippen molar-refractivity contribution in [3.63, 3.8) is 0 Å². The lowest BCUT2D eigenvalue weighted by molar-refractivity contribution is -0.142. The normalized spacial score (nSPS) is 10.9. The molecule has 0 bridgehead atoms. The van der Waals surface area contributed by atoms with Gasteiger partial charge in [-0.3, -0.25) is 4.72 Å². The van der Waals surface area contributed by atoms with Crippen LogP contribution in [0.15, 0.2) is 53.4 Å². The third kappa shape index (κ3) is 4.72. The minimum absolute atomic E-state index is 0.170. The molecule has 7 heteroatoms. The summed E-state index contributed by atoms with van der Waals surface area (Å²) in [6.45, 7) is 1.64. The molecule has 2 rings (SSSR count). The van der Waals surface area contributed by atoms with Gasteiger partial charge in [0.1, 0.15) is 5.75 Å². The second-order valence-corrected chi connectivity index (χ2v) is 6.49. The van der Waals surface area contributed by atoms with E-state index >= 15 is 0 Å². The van der Waals surface area contributed by atoms with Gasteiger partial charge in [-0.15, -0.1) is 0 Å². The van der Waals surface area contributed by atoms with Gasteiger partial charge < -0.3 is 9.47 Å². The molecule has 0 saturated heterocycles. The smallest absolute Gasteiger partial charge is 0.343 e. The van der Waals surface area contributed by atoms with Crippen LogP contribution in [-0.4, -0.2) is 28.1 Å². The summed E-state index contributed by atoms with van der Waals surface area (Å²) in [6, 6.07) is 12.9. The molecule has 0 aliphatic rings. The van der Waals surface area contributed by atoms with E-state index in [1.54, 1.807) is 30.3 Å². The SMILES string of the molecule is COC(=O)COc1cccc(NS(=O)(=O)c2ccc(C)cc2)c1. The molecular formula is C16H17NO5S. The van der Waals surface area contributed by atoms with E-state index < -0.39 is 16.0 Å². The topological polar surface area (TPSA) is 81.7 Å². The highest BCUT2D eigenvalue weighted by molar-refractivity contribution is 7.92. The summed E-state index contributed by atoms with van der Waals surface area (Å²) in [6.07, 6.45) is 0. The van der Waals surface area contributed by atoms with E-state index in [1.807, 2.05) is 6.92 Å². The van der Waals surface area contributed by atoms with Gasteiger partial charge in [0.2, 0.25) is 0 Å². The summed E-state index contributed by atoms with van der Waals surface area (Å²) in [5.74, 6) is -0.157. The van der Waals surface area contributed by atoms with Crippen molar-refractivity contribution in [1.82, 2.24) is 0 Å². The minimum atomic E-state index is -3.68. The monoisotopic (exact) mass is 335 g/mol. The number of benzene rings is 2. The third-order valence-corrected chi connectivity index (χ3v) is 4.40. The van der Waals surface area contributed by atoms with Crippen molar-refractivity contribution in [2.45, 2.75) is 11.8 Å². The first-order valence-electron chi connectivity index (χ1n) is 6.80. The largest absolute Gasteiger partial charge is 0.482 e. The number of methoxy groups -OCH3 is 1. The van der Waals surface area contributed by atoms with Gasteiger partial charge in [-0.05, 0) is 31.2 Å². The van der Waals surface area contributed by atoms with E-state index in [0.29, 0.717) is 11.4 Å². The Morgan fingerprint density at radius 3 is 2.48 bits per heavy atom. The standard InChI is InChI=1S/C16H17NO5S/c1-12-6-8-15(9-7-12)23(19,20)17-13-4-3-5-14(10-13)22-11-16(18)21-2/h3-10,17H,11H2,1-2H3. The average molecular weight is 335 g/mol.